The zero-order valence-electron chi connectivity index (χ0n) is 9.20. The summed E-state index contributed by atoms with van der Waals surface area (Å²) >= 11 is 1.86. The first kappa shape index (κ1) is 11.5. The van der Waals surface area contributed by atoms with Gasteiger partial charge in [0.25, 0.3) is 5.91 Å². The molecule has 0 spiro atoms. The van der Waals surface area contributed by atoms with E-state index >= 15 is 0 Å². The van der Waals surface area contributed by atoms with Gasteiger partial charge in [0.2, 0.25) is 0 Å². The fourth-order valence-corrected chi connectivity index (χ4v) is 2.63. The average molecular weight is 239 g/mol. The summed E-state index contributed by atoms with van der Waals surface area (Å²) < 4.78 is 13.1. The molecule has 0 atom stereocenters. The van der Waals surface area contributed by atoms with Crippen LogP contribution >= 0.6 is 11.8 Å². The lowest BCUT2D eigenvalue weighted by molar-refractivity contribution is 0.0772. The Balaban J connectivity index is 2.16. The number of aryl methyl sites for hydroxylation is 1. The van der Waals surface area contributed by atoms with Crippen LogP contribution in [0.1, 0.15) is 15.9 Å². The Morgan fingerprint density at radius 3 is 2.69 bits per heavy atom. The van der Waals surface area contributed by atoms with Gasteiger partial charge in [0.05, 0.1) is 0 Å². The van der Waals surface area contributed by atoms with Gasteiger partial charge < -0.3 is 4.90 Å². The molecule has 86 valence electrons. The number of hydrogen-bond acceptors (Lipinski definition) is 2. The molecular formula is C12H14FNOS. The molecule has 1 heterocycles. The minimum Gasteiger partial charge on any atom is -0.337 e. The van der Waals surface area contributed by atoms with E-state index in [9.17, 15) is 9.18 Å². The largest absolute Gasteiger partial charge is 0.337 e. The topological polar surface area (TPSA) is 20.3 Å². The molecule has 1 fully saturated rings. The second kappa shape index (κ2) is 4.87. The number of hydrogen-bond donors (Lipinski definition) is 0. The van der Waals surface area contributed by atoms with Gasteiger partial charge in [0.15, 0.2) is 0 Å². The van der Waals surface area contributed by atoms with Crippen LogP contribution in [-0.2, 0) is 0 Å². The van der Waals surface area contributed by atoms with E-state index in [0.717, 1.165) is 24.6 Å². The second-order valence-electron chi connectivity index (χ2n) is 3.87. The summed E-state index contributed by atoms with van der Waals surface area (Å²) in [6.45, 7) is 3.26. The van der Waals surface area contributed by atoms with Crippen molar-refractivity contribution in [2.45, 2.75) is 6.92 Å². The molecule has 2 rings (SSSR count). The lowest BCUT2D eigenvalue weighted by Crippen LogP contribution is -2.37. The molecule has 1 aliphatic rings. The number of benzene rings is 1. The Morgan fingerprint density at radius 2 is 2.06 bits per heavy atom. The highest BCUT2D eigenvalue weighted by molar-refractivity contribution is 7.99. The van der Waals surface area contributed by atoms with Crippen LogP contribution in [0.25, 0.3) is 0 Å². The summed E-state index contributed by atoms with van der Waals surface area (Å²) in [5.41, 5.74) is 1.11. The number of amides is 1. The number of thioether (sulfide) groups is 1. The van der Waals surface area contributed by atoms with Crippen LogP contribution in [0.3, 0.4) is 0 Å². The first-order valence-electron chi connectivity index (χ1n) is 5.31. The van der Waals surface area contributed by atoms with E-state index in [4.69, 9.17) is 0 Å². The number of rotatable bonds is 1. The third kappa shape index (κ3) is 2.38. The van der Waals surface area contributed by atoms with Gasteiger partial charge in [0.1, 0.15) is 5.82 Å². The third-order valence-electron chi connectivity index (χ3n) is 2.70. The van der Waals surface area contributed by atoms with Crippen LogP contribution < -0.4 is 0 Å². The third-order valence-corrected chi connectivity index (χ3v) is 3.65. The maximum atomic E-state index is 13.1. The summed E-state index contributed by atoms with van der Waals surface area (Å²) in [6.07, 6.45) is 0. The molecule has 1 amide bonds. The van der Waals surface area contributed by atoms with Crippen molar-refractivity contribution in [2.75, 3.05) is 24.6 Å². The van der Waals surface area contributed by atoms with Gasteiger partial charge in [-0.25, -0.2) is 4.39 Å². The normalized spacial score (nSPS) is 16.2. The number of halogens is 1. The standard InChI is InChI=1S/C12H14FNOS/c1-9-8-10(2-3-11(9)13)12(15)14-4-6-16-7-5-14/h2-3,8H,4-7H2,1H3. The molecule has 1 aromatic rings. The molecule has 0 N–H and O–H groups in total. The predicted octanol–water partition coefficient (Wildman–Crippen LogP) is 2.32. The lowest BCUT2D eigenvalue weighted by Gasteiger charge is -2.26. The van der Waals surface area contributed by atoms with Crippen molar-refractivity contribution in [3.63, 3.8) is 0 Å². The van der Waals surface area contributed by atoms with Gasteiger partial charge in [-0.1, -0.05) is 0 Å². The summed E-state index contributed by atoms with van der Waals surface area (Å²) in [7, 11) is 0. The molecule has 1 saturated heterocycles. The van der Waals surface area contributed by atoms with Crippen molar-refractivity contribution >= 4 is 17.7 Å². The number of carbonyl (C=O) groups excluding carboxylic acids is 1. The predicted molar refractivity (Wildman–Crippen MR) is 64.4 cm³/mol. The monoisotopic (exact) mass is 239 g/mol. The van der Waals surface area contributed by atoms with Gasteiger partial charge in [-0.3, -0.25) is 4.79 Å². The van der Waals surface area contributed by atoms with Gasteiger partial charge in [-0.15, -0.1) is 0 Å². The van der Waals surface area contributed by atoms with Crippen molar-refractivity contribution in [1.82, 2.24) is 4.90 Å². The first-order valence-corrected chi connectivity index (χ1v) is 6.47. The number of carbonyl (C=O) groups is 1. The highest BCUT2D eigenvalue weighted by atomic mass is 32.2. The summed E-state index contributed by atoms with van der Waals surface area (Å²) in [5.74, 6) is 1.74. The Bertz CT molecular complexity index is 402. The van der Waals surface area contributed by atoms with Crippen molar-refractivity contribution in [1.29, 1.82) is 0 Å². The molecule has 0 unspecified atom stereocenters. The highest BCUT2D eigenvalue weighted by Gasteiger charge is 2.18. The maximum absolute atomic E-state index is 13.1. The minimum absolute atomic E-state index is 0.0170. The van der Waals surface area contributed by atoms with Gasteiger partial charge in [-0.2, -0.15) is 11.8 Å². The molecule has 4 heteroatoms. The minimum atomic E-state index is -0.259. The Hall–Kier alpha value is -1.03. The van der Waals surface area contributed by atoms with Gasteiger partial charge in [-0.05, 0) is 30.7 Å². The SMILES string of the molecule is Cc1cc(C(=O)N2CCSCC2)ccc1F. The van der Waals surface area contributed by atoms with Gasteiger partial charge >= 0.3 is 0 Å². The smallest absolute Gasteiger partial charge is 0.253 e. The zero-order valence-corrected chi connectivity index (χ0v) is 10.0. The fourth-order valence-electron chi connectivity index (χ4n) is 1.73. The summed E-state index contributed by atoms with van der Waals surface area (Å²) in [4.78, 5) is 13.9. The molecular weight excluding hydrogens is 225 g/mol. The van der Waals surface area contributed by atoms with Crippen LogP contribution in [0.5, 0.6) is 0 Å². The number of nitrogens with zero attached hydrogens (tertiary/aromatic N) is 1. The molecule has 0 aliphatic carbocycles. The molecule has 0 radical (unpaired) electrons. The Morgan fingerprint density at radius 1 is 1.38 bits per heavy atom. The van der Waals surface area contributed by atoms with Crippen LogP contribution in [0, 0.1) is 12.7 Å². The Labute approximate surface area is 98.8 Å². The fraction of sp³-hybridized carbons (Fsp3) is 0.417. The lowest BCUT2D eigenvalue weighted by atomic mass is 10.1. The highest BCUT2D eigenvalue weighted by Crippen LogP contribution is 2.15. The molecule has 1 aromatic carbocycles. The molecule has 16 heavy (non-hydrogen) atoms. The van der Waals surface area contributed by atoms with Crippen molar-refractivity contribution in [3.8, 4) is 0 Å². The molecule has 2 nitrogen and oxygen atoms in total. The van der Waals surface area contributed by atoms with Crippen LogP contribution in [0.4, 0.5) is 4.39 Å². The van der Waals surface area contributed by atoms with E-state index in [1.165, 1.54) is 6.07 Å². The van der Waals surface area contributed by atoms with E-state index in [-0.39, 0.29) is 11.7 Å². The molecule has 1 aliphatic heterocycles. The van der Waals surface area contributed by atoms with Gasteiger partial charge in [0, 0.05) is 30.2 Å². The van der Waals surface area contributed by atoms with E-state index in [2.05, 4.69) is 0 Å². The summed E-state index contributed by atoms with van der Waals surface area (Å²) in [5, 5.41) is 0. The summed E-state index contributed by atoms with van der Waals surface area (Å²) in [6, 6.07) is 4.55. The second-order valence-corrected chi connectivity index (χ2v) is 5.09. The van der Waals surface area contributed by atoms with E-state index < -0.39 is 0 Å². The van der Waals surface area contributed by atoms with E-state index in [0.29, 0.717) is 11.1 Å². The molecule has 0 aromatic heterocycles. The Kier molecular flexibility index (Phi) is 3.49. The van der Waals surface area contributed by atoms with Crippen LogP contribution in [-0.4, -0.2) is 35.4 Å². The first-order chi connectivity index (χ1) is 7.68. The van der Waals surface area contributed by atoms with Crippen molar-refractivity contribution in [2.24, 2.45) is 0 Å². The molecule has 0 saturated carbocycles. The van der Waals surface area contributed by atoms with Crippen LogP contribution in [0.2, 0.25) is 0 Å². The zero-order chi connectivity index (χ0) is 11.5. The quantitative estimate of drug-likeness (QED) is 0.749. The van der Waals surface area contributed by atoms with E-state index in [1.54, 1.807) is 19.1 Å². The van der Waals surface area contributed by atoms with Crippen molar-refractivity contribution < 1.29 is 9.18 Å². The van der Waals surface area contributed by atoms with E-state index in [1.807, 2.05) is 16.7 Å². The maximum Gasteiger partial charge on any atom is 0.253 e. The molecule has 0 bridgehead atoms. The average Bonchev–Trinajstić information content (AvgIpc) is 2.33. The van der Waals surface area contributed by atoms with Crippen molar-refractivity contribution in [3.05, 3.63) is 35.1 Å². The van der Waals surface area contributed by atoms with Crippen LogP contribution in [0.15, 0.2) is 18.2 Å².